The first-order valence-electron chi connectivity index (χ1n) is 4.56. The van der Waals surface area contributed by atoms with Gasteiger partial charge in [0.05, 0.1) is 15.6 Å². The van der Waals surface area contributed by atoms with E-state index in [1.807, 2.05) is 20.0 Å². The van der Waals surface area contributed by atoms with E-state index in [1.165, 1.54) is 0 Å². The molecule has 0 bridgehead atoms. The zero-order valence-corrected chi connectivity index (χ0v) is 9.95. The van der Waals surface area contributed by atoms with Gasteiger partial charge in [0.1, 0.15) is 5.82 Å². The lowest BCUT2D eigenvalue weighted by Crippen LogP contribution is -1.96. The van der Waals surface area contributed by atoms with Crippen molar-refractivity contribution in [1.82, 2.24) is 4.98 Å². The summed E-state index contributed by atoms with van der Waals surface area (Å²) in [6, 6.07) is 5.53. The van der Waals surface area contributed by atoms with E-state index in [0.29, 0.717) is 10.0 Å². The van der Waals surface area contributed by atoms with E-state index in [0.717, 1.165) is 22.3 Å². The van der Waals surface area contributed by atoms with Crippen molar-refractivity contribution < 1.29 is 0 Å². The minimum Gasteiger partial charge on any atom is -0.373 e. The number of benzene rings is 1. The molecule has 78 valence electrons. The fourth-order valence-electron chi connectivity index (χ4n) is 1.55. The maximum Gasteiger partial charge on any atom is 0.129 e. The summed E-state index contributed by atoms with van der Waals surface area (Å²) in [6.45, 7) is 1.98. The smallest absolute Gasteiger partial charge is 0.129 e. The molecule has 2 aromatic rings. The number of aromatic nitrogens is 1. The summed E-state index contributed by atoms with van der Waals surface area (Å²) in [4.78, 5) is 4.43. The van der Waals surface area contributed by atoms with Gasteiger partial charge in [-0.2, -0.15) is 0 Å². The van der Waals surface area contributed by atoms with Crippen molar-refractivity contribution in [2.75, 3.05) is 12.4 Å². The number of hydrogen-bond donors (Lipinski definition) is 1. The summed E-state index contributed by atoms with van der Waals surface area (Å²) in [5.41, 5.74) is 1.79. The van der Waals surface area contributed by atoms with Crippen LogP contribution in [0.4, 0.5) is 5.82 Å². The molecule has 0 fully saturated rings. The fourth-order valence-corrected chi connectivity index (χ4v) is 1.96. The normalized spacial score (nSPS) is 10.7. The van der Waals surface area contributed by atoms with Gasteiger partial charge in [-0.1, -0.05) is 23.2 Å². The van der Waals surface area contributed by atoms with Crippen LogP contribution in [0.15, 0.2) is 18.2 Å². The van der Waals surface area contributed by atoms with Crippen molar-refractivity contribution >= 4 is 39.9 Å². The zero-order chi connectivity index (χ0) is 11.0. The summed E-state index contributed by atoms with van der Waals surface area (Å²) in [6.07, 6.45) is 0. The third kappa shape index (κ3) is 1.75. The van der Waals surface area contributed by atoms with Crippen molar-refractivity contribution in [1.29, 1.82) is 0 Å². The van der Waals surface area contributed by atoms with Crippen LogP contribution in [-0.2, 0) is 0 Å². The number of halogens is 2. The van der Waals surface area contributed by atoms with Crippen LogP contribution in [0.5, 0.6) is 0 Å². The number of fused-ring (bicyclic) bond motifs is 1. The Morgan fingerprint density at radius 2 is 1.87 bits per heavy atom. The first-order chi connectivity index (χ1) is 7.13. The lowest BCUT2D eigenvalue weighted by Gasteiger charge is -2.08. The van der Waals surface area contributed by atoms with Crippen LogP contribution < -0.4 is 5.32 Å². The molecule has 0 unspecified atom stereocenters. The van der Waals surface area contributed by atoms with Gasteiger partial charge in [-0.25, -0.2) is 4.98 Å². The van der Waals surface area contributed by atoms with Gasteiger partial charge in [-0.3, -0.25) is 0 Å². The van der Waals surface area contributed by atoms with Gasteiger partial charge in [0.15, 0.2) is 0 Å². The summed E-state index contributed by atoms with van der Waals surface area (Å²) in [5, 5.41) is 5.20. The van der Waals surface area contributed by atoms with Gasteiger partial charge in [-0.05, 0) is 30.7 Å². The van der Waals surface area contributed by atoms with Crippen LogP contribution in [0, 0.1) is 6.92 Å². The topological polar surface area (TPSA) is 24.9 Å². The van der Waals surface area contributed by atoms with Gasteiger partial charge >= 0.3 is 0 Å². The van der Waals surface area contributed by atoms with Crippen molar-refractivity contribution in [2.24, 2.45) is 0 Å². The number of pyridine rings is 1. The number of hydrogen-bond acceptors (Lipinski definition) is 2. The number of nitrogens with one attached hydrogen (secondary N) is 1. The van der Waals surface area contributed by atoms with E-state index in [2.05, 4.69) is 10.3 Å². The van der Waals surface area contributed by atoms with E-state index in [-0.39, 0.29) is 0 Å². The van der Waals surface area contributed by atoms with E-state index in [4.69, 9.17) is 23.2 Å². The molecule has 4 heteroatoms. The first-order valence-corrected chi connectivity index (χ1v) is 5.32. The minimum atomic E-state index is 0.617. The molecule has 0 radical (unpaired) electrons. The van der Waals surface area contributed by atoms with Gasteiger partial charge in [0.2, 0.25) is 0 Å². The predicted octanol–water partition coefficient (Wildman–Crippen LogP) is 3.89. The Labute approximate surface area is 98.2 Å². The minimum absolute atomic E-state index is 0.617. The zero-order valence-electron chi connectivity index (χ0n) is 8.44. The van der Waals surface area contributed by atoms with Crippen LogP contribution in [0.2, 0.25) is 10.0 Å². The average Bonchev–Trinajstić information content (AvgIpc) is 2.23. The highest BCUT2D eigenvalue weighted by Crippen LogP contribution is 2.30. The summed E-state index contributed by atoms with van der Waals surface area (Å²) in [5.74, 6) is 0.826. The van der Waals surface area contributed by atoms with Crippen molar-refractivity contribution in [3.05, 3.63) is 33.8 Å². The fraction of sp³-hybridized carbons (Fsp3) is 0.182. The van der Waals surface area contributed by atoms with Crippen LogP contribution >= 0.6 is 23.2 Å². The van der Waals surface area contributed by atoms with Crippen LogP contribution in [0.1, 0.15) is 5.56 Å². The molecule has 15 heavy (non-hydrogen) atoms. The highest BCUT2D eigenvalue weighted by atomic mass is 35.5. The van der Waals surface area contributed by atoms with E-state index in [1.54, 1.807) is 12.1 Å². The van der Waals surface area contributed by atoms with Gasteiger partial charge < -0.3 is 5.32 Å². The maximum atomic E-state index is 6.08. The summed E-state index contributed by atoms with van der Waals surface area (Å²) >= 11 is 12.1. The molecule has 1 aromatic heterocycles. The van der Waals surface area contributed by atoms with E-state index < -0.39 is 0 Å². The summed E-state index contributed by atoms with van der Waals surface area (Å²) in [7, 11) is 1.83. The Morgan fingerprint density at radius 1 is 1.20 bits per heavy atom. The third-order valence-electron chi connectivity index (χ3n) is 2.31. The molecule has 0 saturated carbocycles. The van der Waals surface area contributed by atoms with Gasteiger partial charge in [0.25, 0.3) is 0 Å². The number of rotatable bonds is 1. The molecule has 1 N–H and O–H groups in total. The Hall–Kier alpha value is -0.990. The predicted molar refractivity (Wildman–Crippen MR) is 66.0 cm³/mol. The highest BCUT2D eigenvalue weighted by Gasteiger charge is 2.07. The molecular weight excluding hydrogens is 231 g/mol. The molecule has 0 atom stereocenters. The van der Waals surface area contributed by atoms with Gasteiger partial charge in [-0.15, -0.1) is 0 Å². The molecule has 1 heterocycles. The second-order valence-corrected chi connectivity index (χ2v) is 4.14. The monoisotopic (exact) mass is 240 g/mol. The Morgan fingerprint density at radius 3 is 2.53 bits per heavy atom. The quantitative estimate of drug-likeness (QED) is 0.819. The molecule has 0 aliphatic heterocycles. The average molecular weight is 241 g/mol. The van der Waals surface area contributed by atoms with Crippen LogP contribution in [0.3, 0.4) is 0 Å². The number of aryl methyl sites for hydroxylation is 1. The van der Waals surface area contributed by atoms with Crippen molar-refractivity contribution in [3.8, 4) is 0 Å². The Balaban J connectivity index is 2.86. The molecule has 2 nitrogen and oxygen atoms in total. The lowest BCUT2D eigenvalue weighted by atomic mass is 10.1. The molecule has 0 aliphatic rings. The van der Waals surface area contributed by atoms with Crippen molar-refractivity contribution in [3.63, 3.8) is 0 Å². The van der Waals surface area contributed by atoms with Crippen molar-refractivity contribution in [2.45, 2.75) is 6.92 Å². The SMILES string of the molecule is CNc1nc2c(Cl)ccc(Cl)c2cc1C. The van der Waals surface area contributed by atoms with E-state index >= 15 is 0 Å². The molecule has 0 saturated heterocycles. The van der Waals surface area contributed by atoms with Crippen LogP contribution in [0.25, 0.3) is 10.9 Å². The Kier molecular flexibility index (Phi) is 2.72. The molecule has 1 aromatic carbocycles. The molecule has 0 amide bonds. The Bertz CT molecular complexity index is 523. The lowest BCUT2D eigenvalue weighted by molar-refractivity contribution is 1.29. The summed E-state index contributed by atoms with van der Waals surface area (Å²) < 4.78 is 0. The molecule has 0 spiro atoms. The maximum absolute atomic E-state index is 6.08. The molecule has 0 aliphatic carbocycles. The standard InChI is InChI=1S/C11H10Cl2N2/c1-6-5-7-8(12)3-4-9(13)10(7)15-11(6)14-2/h3-5H,1-2H3,(H,14,15). The molecular formula is C11H10Cl2N2. The largest absolute Gasteiger partial charge is 0.373 e. The second-order valence-electron chi connectivity index (χ2n) is 3.33. The van der Waals surface area contributed by atoms with E-state index in [9.17, 15) is 0 Å². The number of nitrogens with zero attached hydrogens (tertiary/aromatic N) is 1. The second kappa shape index (κ2) is 3.87. The highest BCUT2D eigenvalue weighted by molar-refractivity contribution is 6.39. The first kappa shape index (κ1) is 10.5. The third-order valence-corrected chi connectivity index (χ3v) is 2.94. The number of anilines is 1. The molecule has 2 rings (SSSR count). The van der Waals surface area contributed by atoms with Crippen LogP contribution in [-0.4, -0.2) is 12.0 Å². The van der Waals surface area contributed by atoms with Gasteiger partial charge in [0, 0.05) is 12.4 Å².